The minimum Gasteiger partial charge on any atom is -0.497 e. The average Bonchev–Trinajstić information content (AvgIpc) is 3.17. The number of benzene rings is 1. The van der Waals surface area contributed by atoms with E-state index in [4.69, 9.17) is 14.5 Å². The van der Waals surface area contributed by atoms with Crippen LogP contribution < -0.4 is 9.64 Å². The molecule has 1 aromatic heterocycles. The number of likely N-dealkylation sites (tertiary alicyclic amines) is 1. The first-order valence-corrected chi connectivity index (χ1v) is 9.36. The summed E-state index contributed by atoms with van der Waals surface area (Å²) in [6.45, 7) is 5.16. The van der Waals surface area contributed by atoms with E-state index in [1.54, 1.807) is 7.11 Å². The molecule has 1 aromatic carbocycles. The zero-order chi connectivity index (χ0) is 17.8. The normalized spacial score (nSPS) is 21.1. The van der Waals surface area contributed by atoms with Crippen molar-refractivity contribution in [1.29, 1.82) is 0 Å². The molecule has 4 rings (SSSR count). The van der Waals surface area contributed by atoms with Crippen molar-refractivity contribution in [1.82, 2.24) is 14.9 Å². The molecule has 2 aliphatic heterocycles. The van der Waals surface area contributed by atoms with Gasteiger partial charge in [-0.2, -0.15) is 0 Å². The first-order chi connectivity index (χ1) is 12.8. The Labute approximate surface area is 154 Å². The van der Waals surface area contributed by atoms with Gasteiger partial charge in [-0.1, -0.05) is 12.1 Å². The van der Waals surface area contributed by atoms with Gasteiger partial charge < -0.3 is 14.4 Å². The monoisotopic (exact) mass is 354 g/mol. The molecule has 0 N–H and O–H groups in total. The lowest BCUT2D eigenvalue weighted by molar-refractivity contribution is 0.122. The van der Waals surface area contributed by atoms with Gasteiger partial charge in [-0.15, -0.1) is 0 Å². The minimum absolute atomic E-state index is 0.423. The Morgan fingerprint density at radius 3 is 2.92 bits per heavy atom. The van der Waals surface area contributed by atoms with Crippen molar-refractivity contribution in [3.8, 4) is 5.75 Å². The average molecular weight is 354 g/mol. The van der Waals surface area contributed by atoms with Crippen LogP contribution in [0.5, 0.6) is 5.75 Å². The molecule has 2 saturated heterocycles. The summed E-state index contributed by atoms with van der Waals surface area (Å²) >= 11 is 0. The van der Waals surface area contributed by atoms with Gasteiger partial charge >= 0.3 is 0 Å². The Hall–Kier alpha value is -2.18. The standard InChI is InChI=1S/C20H26N4O2/c1-25-18-5-2-4-16(14-18)19-6-3-9-24(19)15-17-7-8-21-20(22-17)23-10-12-26-13-11-23/h2,4-5,7-8,14,19H,3,6,9-13,15H2,1H3/t19-/m0/s1. The lowest BCUT2D eigenvalue weighted by atomic mass is 10.0. The summed E-state index contributed by atoms with van der Waals surface area (Å²) in [7, 11) is 1.72. The Morgan fingerprint density at radius 1 is 1.19 bits per heavy atom. The molecule has 6 heteroatoms. The largest absolute Gasteiger partial charge is 0.497 e. The van der Waals surface area contributed by atoms with Gasteiger partial charge in [0.2, 0.25) is 5.95 Å². The van der Waals surface area contributed by atoms with Gasteiger partial charge in [0, 0.05) is 31.9 Å². The molecule has 2 aliphatic rings. The van der Waals surface area contributed by atoms with Gasteiger partial charge in [0.05, 0.1) is 26.0 Å². The highest BCUT2D eigenvalue weighted by Crippen LogP contribution is 2.34. The third kappa shape index (κ3) is 3.81. The Morgan fingerprint density at radius 2 is 2.08 bits per heavy atom. The first kappa shape index (κ1) is 17.2. The molecule has 0 bridgehead atoms. The van der Waals surface area contributed by atoms with Crippen LogP contribution in [0.4, 0.5) is 5.95 Å². The Bertz CT molecular complexity index is 733. The van der Waals surface area contributed by atoms with E-state index in [1.807, 2.05) is 18.3 Å². The van der Waals surface area contributed by atoms with Crippen molar-refractivity contribution >= 4 is 5.95 Å². The second-order valence-electron chi connectivity index (χ2n) is 6.85. The maximum atomic E-state index is 5.43. The van der Waals surface area contributed by atoms with Gasteiger partial charge in [0.15, 0.2) is 0 Å². The minimum atomic E-state index is 0.423. The van der Waals surface area contributed by atoms with Crippen molar-refractivity contribution in [2.45, 2.75) is 25.4 Å². The number of rotatable bonds is 5. The maximum Gasteiger partial charge on any atom is 0.225 e. The summed E-state index contributed by atoms with van der Waals surface area (Å²) in [5.74, 6) is 1.74. The molecular weight excluding hydrogens is 328 g/mol. The van der Waals surface area contributed by atoms with Crippen LogP contribution in [0, 0.1) is 0 Å². The SMILES string of the molecule is COc1cccc([C@@H]2CCCN2Cc2ccnc(N3CCOCC3)n2)c1. The smallest absolute Gasteiger partial charge is 0.225 e. The molecule has 2 fully saturated rings. The fraction of sp³-hybridized carbons (Fsp3) is 0.500. The number of anilines is 1. The van der Waals surface area contributed by atoms with Gasteiger partial charge in [-0.05, 0) is 43.1 Å². The highest BCUT2D eigenvalue weighted by molar-refractivity contribution is 5.32. The number of hydrogen-bond acceptors (Lipinski definition) is 6. The molecule has 138 valence electrons. The van der Waals surface area contributed by atoms with Crippen LogP contribution in [0.15, 0.2) is 36.5 Å². The van der Waals surface area contributed by atoms with Crippen LogP contribution in [-0.4, -0.2) is 54.8 Å². The van der Waals surface area contributed by atoms with Crippen molar-refractivity contribution < 1.29 is 9.47 Å². The Kier molecular flexibility index (Phi) is 5.32. The predicted molar refractivity (Wildman–Crippen MR) is 100 cm³/mol. The second-order valence-corrected chi connectivity index (χ2v) is 6.85. The zero-order valence-corrected chi connectivity index (χ0v) is 15.3. The molecule has 0 amide bonds. The lowest BCUT2D eigenvalue weighted by Gasteiger charge is -2.28. The highest BCUT2D eigenvalue weighted by Gasteiger charge is 2.27. The summed E-state index contributed by atoms with van der Waals surface area (Å²) < 4.78 is 10.8. The summed E-state index contributed by atoms with van der Waals surface area (Å²) in [5, 5.41) is 0. The fourth-order valence-corrected chi connectivity index (χ4v) is 3.84. The van der Waals surface area contributed by atoms with Gasteiger partial charge in [-0.25, -0.2) is 9.97 Å². The molecule has 0 saturated carbocycles. The Balaban J connectivity index is 1.49. The first-order valence-electron chi connectivity index (χ1n) is 9.36. The number of aromatic nitrogens is 2. The number of morpholine rings is 1. The predicted octanol–water partition coefficient (Wildman–Crippen LogP) is 2.66. The molecule has 0 aliphatic carbocycles. The summed E-state index contributed by atoms with van der Waals surface area (Å²) in [6, 6.07) is 10.9. The summed E-state index contributed by atoms with van der Waals surface area (Å²) in [5.41, 5.74) is 2.40. The molecule has 0 radical (unpaired) electrons. The number of ether oxygens (including phenoxy) is 2. The summed E-state index contributed by atoms with van der Waals surface area (Å²) in [4.78, 5) is 14.0. The molecule has 6 nitrogen and oxygen atoms in total. The third-order valence-electron chi connectivity index (χ3n) is 5.20. The van der Waals surface area contributed by atoms with E-state index in [2.05, 4.69) is 33.0 Å². The summed E-state index contributed by atoms with van der Waals surface area (Å²) in [6.07, 6.45) is 4.27. The van der Waals surface area contributed by atoms with E-state index < -0.39 is 0 Å². The van der Waals surface area contributed by atoms with Crippen LogP contribution in [0.25, 0.3) is 0 Å². The van der Waals surface area contributed by atoms with E-state index in [0.717, 1.165) is 56.8 Å². The maximum absolute atomic E-state index is 5.43. The van der Waals surface area contributed by atoms with Crippen LogP contribution in [-0.2, 0) is 11.3 Å². The quantitative estimate of drug-likeness (QED) is 0.823. The molecule has 1 atom stereocenters. The molecule has 0 spiro atoms. The highest BCUT2D eigenvalue weighted by atomic mass is 16.5. The van der Waals surface area contributed by atoms with Crippen molar-refractivity contribution in [3.05, 3.63) is 47.8 Å². The molecule has 26 heavy (non-hydrogen) atoms. The van der Waals surface area contributed by atoms with Gasteiger partial charge in [0.25, 0.3) is 0 Å². The number of hydrogen-bond donors (Lipinski definition) is 0. The van der Waals surface area contributed by atoms with Crippen LogP contribution >= 0.6 is 0 Å². The third-order valence-corrected chi connectivity index (χ3v) is 5.20. The molecule has 3 heterocycles. The van der Waals surface area contributed by atoms with Crippen LogP contribution in [0.1, 0.15) is 30.1 Å². The molecule has 2 aromatic rings. The van der Waals surface area contributed by atoms with Gasteiger partial charge in [-0.3, -0.25) is 4.90 Å². The van der Waals surface area contributed by atoms with E-state index in [9.17, 15) is 0 Å². The molecule has 0 unspecified atom stereocenters. The van der Waals surface area contributed by atoms with E-state index in [-0.39, 0.29) is 0 Å². The lowest BCUT2D eigenvalue weighted by Crippen LogP contribution is -2.37. The molecular formula is C20H26N4O2. The topological polar surface area (TPSA) is 50.7 Å². The second kappa shape index (κ2) is 8.01. The zero-order valence-electron chi connectivity index (χ0n) is 15.3. The van der Waals surface area contributed by atoms with Gasteiger partial charge in [0.1, 0.15) is 5.75 Å². The van der Waals surface area contributed by atoms with Crippen molar-refractivity contribution in [2.24, 2.45) is 0 Å². The number of methoxy groups -OCH3 is 1. The number of nitrogens with zero attached hydrogens (tertiary/aromatic N) is 4. The van der Waals surface area contributed by atoms with E-state index in [1.165, 1.54) is 18.4 Å². The fourth-order valence-electron chi connectivity index (χ4n) is 3.84. The van der Waals surface area contributed by atoms with Crippen LogP contribution in [0.2, 0.25) is 0 Å². The van der Waals surface area contributed by atoms with Crippen LogP contribution in [0.3, 0.4) is 0 Å². The van der Waals surface area contributed by atoms with E-state index >= 15 is 0 Å². The van der Waals surface area contributed by atoms with Crippen molar-refractivity contribution in [2.75, 3.05) is 44.9 Å². The van der Waals surface area contributed by atoms with E-state index in [0.29, 0.717) is 6.04 Å². The van der Waals surface area contributed by atoms with Crippen molar-refractivity contribution in [3.63, 3.8) is 0 Å².